The van der Waals surface area contributed by atoms with E-state index >= 15 is 0 Å². The van der Waals surface area contributed by atoms with E-state index in [1.807, 2.05) is 6.92 Å². The van der Waals surface area contributed by atoms with Gasteiger partial charge in [0.1, 0.15) is 12.1 Å². The van der Waals surface area contributed by atoms with Crippen molar-refractivity contribution in [3.05, 3.63) is 35.5 Å². The third kappa shape index (κ3) is 7.30. The van der Waals surface area contributed by atoms with Crippen molar-refractivity contribution >= 4 is 21.8 Å². The Hall–Kier alpha value is -2.04. The number of ether oxygens (including phenoxy) is 2. The van der Waals surface area contributed by atoms with Gasteiger partial charge in [-0.15, -0.1) is 0 Å². The molecule has 326 valence electrons. The Balaban J connectivity index is 1.08. The Bertz CT molecular complexity index is 1780. The molecular formula is C48H75FN2O6S. The first-order valence-corrected chi connectivity index (χ1v) is 24.8. The average Bonchev–Trinajstić information content (AvgIpc) is 3.56. The minimum atomic E-state index is -2.88. The molecule has 1 aliphatic heterocycles. The fourth-order valence-corrected chi connectivity index (χ4v) is 16.4. The number of rotatable bonds is 12. The largest absolute Gasteiger partial charge is 0.428 e. The van der Waals surface area contributed by atoms with Crippen molar-refractivity contribution in [3.63, 3.8) is 0 Å². The number of hydrogen-bond acceptors (Lipinski definition) is 8. The topological polar surface area (TPSA) is 102 Å². The number of hydrogen-bond donors (Lipinski definition) is 1. The third-order valence-electron chi connectivity index (χ3n) is 18.5. The van der Waals surface area contributed by atoms with Crippen LogP contribution in [0.4, 0.5) is 4.39 Å². The molecule has 10 atom stereocenters. The van der Waals surface area contributed by atoms with Gasteiger partial charge in [-0.05, 0) is 153 Å². The van der Waals surface area contributed by atoms with Crippen LogP contribution in [0.25, 0.3) is 0 Å². The first-order valence-electron chi connectivity index (χ1n) is 22.9. The Morgan fingerprint density at radius 3 is 2.31 bits per heavy atom. The highest BCUT2D eigenvalue weighted by Crippen LogP contribution is 2.76. The van der Waals surface area contributed by atoms with E-state index < -0.39 is 40.7 Å². The number of carbonyl (C=O) groups excluding carboxylic acids is 2. The Labute approximate surface area is 349 Å². The zero-order valence-electron chi connectivity index (χ0n) is 37.0. The monoisotopic (exact) mass is 827 g/mol. The molecule has 0 aromatic carbocycles. The van der Waals surface area contributed by atoms with E-state index in [1.54, 1.807) is 0 Å². The van der Waals surface area contributed by atoms with Gasteiger partial charge in [0.25, 0.3) is 0 Å². The number of allylic oxidation sites excluding steroid dienone is 5. The summed E-state index contributed by atoms with van der Waals surface area (Å²) in [6.07, 6.45) is 17.8. The summed E-state index contributed by atoms with van der Waals surface area (Å²) in [4.78, 5) is 27.3. The SMILES string of the molecule is C=C(C)[C@@H]1CC[C@]2(NCCN3CCS(=O)(=O)CC3)CC[C@]3(C)[C@H](CC[C@@H]4[C@@]5(C)CC=C(C6=CC[C@@](CF)(C(=O)OCOC(=O)CCC)CC6)C(C)(C)[C@@H]5CC[C@]43C)[C@@H]12. The van der Waals surface area contributed by atoms with Crippen LogP contribution < -0.4 is 5.32 Å². The summed E-state index contributed by atoms with van der Waals surface area (Å²) in [5.41, 5.74) is 3.47. The molecule has 7 aliphatic rings. The number of esters is 2. The summed E-state index contributed by atoms with van der Waals surface area (Å²) in [5.74, 6) is 2.43. The summed E-state index contributed by atoms with van der Waals surface area (Å²) in [6.45, 7) is 23.5. The molecule has 10 heteroatoms. The van der Waals surface area contributed by atoms with Crippen LogP contribution >= 0.6 is 0 Å². The quantitative estimate of drug-likeness (QED) is 0.118. The summed E-state index contributed by atoms with van der Waals surface area (Å²) in [6, 6.07) is 0. The van der Waals surface area contributed by atoms with Crippen molar-refractivity contribution in [2.75, 3.05) is 51.2 Å². The highest BCUT2D eigenvalue weighted by Gasteiger charge is 2.70. The van der Waals surface area contributed by atoms with Crippen molar-refractivity contribution in [2.24, 2.45) is 56.7 Å². The summed E-state index contributed by atoms with van der Waals surface area (Å²) >= 11 is 0. The molecular weight excluding hydrogens is 752 g/mol. The molecule has 58 heavy (non-hydrogen) atoms. The zero-order chi connectivity index (χ0) is 41.9. The van der Waals surface area contributed by atoms with Crippen LogP contribution in [0.5, 0.6) is 0 Å². The Morgan fingerprint density at radius 2 is 1.66 bits per heavy atom. The molecule has 6 aliphatic carbocycles. The molecule has 1 heterocycles. The van der Waals surface area contributed by atoms with Gasteiger partial charge in [0.2, 0.25) is 6.79 Å². The van der Waals surface area contributed by atoms with Gasteiger partial charge < -0.3 is 19.7 Å². The fourth-order valence-electron chi connectivity index (χ4n) is 15.1. The molecule has 0 aromatic heterocycles. The summed E-state index contributed by atoms with van der Waals surface area (Å²) in [7, 11) is -2.88. The van der Waals surface area contributed by atoms with Gasteiger partial charge in [0.15, 0.2) is 9.84 Å². The second kappa shape index (κ2) is 16.0. The minimum absolute atomic E-state index is 0.0533. The maximum absolute atomic E-state index is 14.6. The number of nitrogens with zero attached hydrogens (tertiary/aromatic N) is 1. The Morgan fingerprint density at radius 1 is 0.914 bits per heavy atom. The molecule has 7 rings (SSSR count). The number of halogens is 1. The molecule has 0 spiro atoms. The van der Waals surface area contributed by atoms with Crippen LogP contribution in [0.2, 0.25) is 0 Å². The molecule has 5 fully saturated rings. The lowest BCUT2D eigenvalue weighted by Crippen LogP contribution is -2.68. The highest BCUT2D eigenvalue weighted by atomic mass is 32.2. The third-order valence-corrected chi connectivity index (χ3v) is 20.1. The lowest BCUT2D eigenvalue weighted by molar-refractivity contribution is -0.221. The molecule has 0 radical (unpaired) electrons. The van der Waals surface area contributed by atoms with Gasteiger partial charge in [-0.2, -0.15) is 0 Å². The molecule has 0 bridgehead atoms. The smallest absolute Gasteiger partial charge is 0.317 e. The van der Waals surface area contributed by atoms with Crippen molar-refractivity contribution in [2.45, 2.75) is 144 Å². The summed E-state index contributed by atoms with van der Waals surface area (Å²) < 4.78 is 49.1. The predicted octanol–water partition coefficient (Wildman–Crippen LogP) is 9.16. The average molecular weight is 827 g/mol. The highest BCUT2D eigenvalue weighted by molar-refractivity contribution is 7.91. The lowest BCUT2D eigenvalue weighted by Gasteiger charge is -2.72. The zero-order valence-corrected chi connectivity index (χ0v) is 37.8. The lowest BCUT2D eigenvalue weighted by atomic mass is 9.33. The molecule has 1 saturated heterocycles. The van der Waals surface area contributed by atoms with E-state index in [2.05, 4.69) is 70.5 Å². The maximum Gasteiger partial charge on any atom is 0.317 e. The van der Waals surface area contributed by atoms with Crippen molar-refractivity contribution in [1.29, 1.82) is 0 Å². The number of nitrogens with one attached hydrogen (secondary N) is 1. The van der Waals surface area contributed by atoms with E-state index in [1.165, 1.54) is 68.1 Å². The van der Waals surface area contributed by atoms with Crippen LogP contribution in [0.15, 0.2) is 35.5 Å². The van der Waals surface area contributed by atoms with Crippen LogP contribution in [0.1, 0.15) is 138 Å². The number of alkyl halides is 1. The fraction of sp³-hybridized carbons (Fsp3) is 0.833. The molecule has 0 unspecified atom stereocenters. The van der Waals surface area contributed by atoms with Gasteiger partial charge in [0, 0.05) is 38.1 Å². The molecule has 0 aromatic rings. The van der Waals surface area contributed by atoms with E-state index in [0.717, 1.165) is 19.5 Å². The van der Waals surface area contributed by atoms with Crippen molar-refractivity contribution in [3.8, 4) is 0 Å². The van der Waals surface area contributed by atoms with E-state index in [0.29, 0.717) is 68.4 Å². The minimum Gasteiger partial charge on any atom is -0.428 e. The van der Waals surface area contributed by atoms with Crippen molar-refractivity contribution in [1.82, 2.24) is 10.2 Å². The first-order chi connectivity index (χ1) is 27.3. The van der Waals surface area contributed by atoms with Crippen LogP contribution in [0.3, 0.4) is 0 Å². The van der Waals surface area contributed by atoms with E-state index in [4.69, 9.17) is 9.47 Å². The molecule has 4 saturated carbocycles. The molecule has 0 amide bonds. The number of sulfone groups is 1. The predicted molar refractivity (Wildman–Crippen MR) is 228 cm³/mol. The molecule has 8 nitrogen and oxygen atoms in total. The number of carbonyl (C=O) groups is 2. The number of fused-ring (bicyclic) bond motifs is 7. The van der Waals surface area contributed by atoms with Crippen molar-refractivity contribution < 1.29 is 31.9 Å². The van der Waals surface area contributed by atoms with Crippen LogP contribution in [-0.4, -0.2) is 81.9 Å². The van der Waals surface area contributed by atoms with Gasteiger partial charge in [-0.3, -0.25) is 9.59 Å². The summed E-state index contributed by atoms with van der Waals surface area (Å²) in [5, 5.41) is 4.21. The normalized spacial score (nSPS) is 41.8. The first kappa shape index (κ1) is 44.0. The van der Waals surface area contributed by atoms with E-state index in [9.17, 15) is 22.4 Å². The van der Waals surface area contributed by atoms with Crippen LogP contribution in [0, 0.1) is 56.7 Å². The van der Waals surface area contributed by atoms with Gasteiger partial charge >= 0.3 is 11.9 Å². The standard InChI is InChI=1S/C48H75FN2O6S/c1-9-10-40(52)56-32-57-42(53)47(31-49)20-13-34(14-21-47)36-16-18-44(6)38(43(36,4)5)17-19-46(8)39(44)12-11-37-41-35(33(2)3)15-22-48(41,24-23-45(37,46)7)50-25-26-51-27-29-58(54,55)30-28-51/h13,16,35,37-39,41,50H,2,9-12,14-15,17-32H2,1,3-8H3/t35-,37+,38-,39+,41+,44-,45+,46+,47+,48-/m0/s1. The van der Waals surface area contributed by atoms with Gasteiger partial charge in [-0.1, -0.05) is 65.8 Å². The Kier molecular flexibility index (Phi) is 12.2. The molecule has 1 N–H and O–H groups in total. The van der Waals surface area contributed by atoms with Gasteiger partial charge in [0.05, 0.1) is 11.5 Å². The second-order valence-corrected chi connectivity index (χ2v) is 23.8. The van der Waals surface area contributed by atoms with E-state index in [-0.39, 0.29) is 45.1 Å². The second-order valence-electron chi connectivity index (χ2n) is 21.5. The van der Waals surface area contributed by atoms with Crippen LogP contribution in [-0.2, 0) is 28.9 Å². The van der Waals surface area contributed by atoms with Gasteiger partial charge in [-0.25, -0.2) is 12.8 Å². The maximum atomic E-state index is 14.6.